The highest BCUT2D eigenvalue weighted by molar-refractivity contribution is 5.99. The Morgan fingerprint density at radius 1 is 1.19 bits per heavy atom. The molecule has 21 heavy (non-hydrogen) atoms. The maximum atomic E-state index is 11.0. The van der Waals surface area contributed by atoms with Crippen molar-refractivity contribution in [3.05, 3.63) is 53.6 Å². The number of fused-ring (bicyclic) bond motifs is 1. The van der Waals surface area contributed by atoms with Crippen molar-refractivity contribution in [1.82, 2.24) is 0 Å². The number of aryl methyl sites for hydroxylation is 1. The van der Waals surface area contributed by atoms with Crippen LogP contribution in [0.2, 0.25) is 0 Å². The zero-order valence-corrected chi connectivity index (χ0v) is 11.6. The average molecular weight is 284 g/mol. The quantitative estimate of drug-likeness (QED) is 0.741. The third kappa shape index (κ3) is 4.07. The van der Waals surface area contributed by atoms with Crippen LogP contribution < -0.4 is 10.6 Å². The van der Waals surface area contributed by atoms with Crippen LogP contribution in [0.1, 0.15) is 11.1 Å². The van der Waals surface area contributed by atoms with Crippen LogP contribution in [0.15, 0.2) is 42.5 Å². The Balaban J connectivity index is 0.000000173. The minimum absolute atomic E-state index is 0.00162. The van der Waals surface area contributed by atoms with E-state index in [1.54, 1.807) is 30.3 Å². The molecule has 0 radical (unpaired) electrons. The average Bonchev–Trinajstić information content (AvgIpc) is 2.83. The summed E-state index contributed by atoms with van der Waals surface area (Å²) in [6.45, 7) is 1.99. The maximum absolute atomic E-state index is 11.0. The van der Waals surface area contributed by atoms with Crippen molar-refractivity contribution >= 4 is 23.7 Å². The molecule has 5 heteroatoms. The van der Waals surface area contributed by atoms with Crippen LogP contribution >= 0.6 is 0 Å². The fourth-order valence-electron chi connectivity index (χ4n) is 1.93. The van der Waals surface area contributed by atoms with Crippen molar-refractivity contribution < 1.29 is 14.7 Å². The molecule has 0 spiro atoms. The lowest BCUT2D eigenvalue weighted by molar-refractivity contribution is -0.115. The van der Waals surface area contributed by atoms with Crippen LogP contribution in [0.25, 0.3) is 0 Å². The van der Waals surface area contributed by atoms with Gasteiger partial charge >= 0.3 is 0 Å². The number of aromatic hydroxyl groups is 1. The molecule has 3 rings (SSSR count). The summed E-state index contributed by atoms with van der Waals surface area (Å²) in [4.78, 5) is 21.1. The lowest BCUT2D eigenvalue weighted by atomic mass is 10.1. The number of rotatable bonds is 2. The smallest absolute Gasteiger partial charge is 0.228 e. The number of phenolic OH excluding ortho intramolecular Hbond substituents is 1. The summed E-state index contributed by atoms with van der Waals surface area (Å²) in [7, 11) is 0. The number of anilines is 2. The Hall–Kier alpha value is -2.82. The molecule has 0 saturated carbocycles. The topological polar surface area (TPSA) is 78.4 Å². The Morgan fingerprint density at radius 2 is 1.90 bits per heavy atom. The van der Waals surface area contributed by atoms with Gasteiger partial charge in [0.05, 0.1) is 6.42 Å². The number of carbonyl (C=O) groups is 2. The second-order valence-corrected chi connectivity index (χ2v) is 4.69. The predicted octanol–water partition coefficient (Wildman–Crippen LogP) is 2.45. The molecule has 0 fully saturated rings. The molecule has 0 bridgehead atoms. The molecule has 1 aliphatic rings. The van der Waals surface area contributed by atoms with Crippen molar-refractivity contribution in [3.63, 3.8) is 0 Å². The maximum Gasteiger partial charge on any atom is 0.228 e. The molecule has 5 nitrogen and oxygen atoms in total. The molecule has 0 aliphatic carbocycles. The van der Waals surface area contributed by atoms with E-state index in [4.69, 9.17) is 5.11 Å². The Bertz CT molecular complexity index is 630. The van der Waals surface area contributed by atoms with Crippen molar-refractivity contribution in [2.45, 2.75) is 13.3 Å². The number of amides is 2. The molecule has 2 amide bonds. The summed E-state index contributed by atoms with van der Waals surface area (Å²) in [5.41, 5.74) is 3.64. The molecule has 1 aliphatic heterocycles. The molecule has 1 heterocycles. The molecule has 0 saturated heterocycles. The predicted molar refractivity (Wildman–Crippen MR) is 81.3 cm³/mol. The Labute approximate surface area is 122 Å². The molecule has 2 aromatic carbocycles. The first-order chi connectivity index (χ1) is 10.1. The van der Waals surface area contributed by atoms with E-state index in [0.29, 0.717) is 24.3 Å². The third-order valence-electron chi connectivity index (χ3n) is 2.99. The normalized spacial score (nSPS) is 11.8. The largest absolute Gasteiger partial charge is 0.508 e. The standard InChI is InChI=1S/C9H8N2O2.C7H8O/c12-5-10-7-1-2-8-6(3-7)4-9(13)11-8;1-6-2-4-7(8)5-3-6/h1-3,5H,4H2,(H,10,12)(H,11,13);2-5,8H,1H3. The first-order valence-electron chi connectivity index (χ1n) is 6.47. The van der Waals surface area contributed by atoms with Gasteiger partial charge in [-0.1, -0.05) is 17.7 Å². The Morgan fingerprint density at radius 3 is 2.52 bits per heavy atom. The van der Waals surface area contributed by atoms with Gasteiger partial charge in [0.25, 0.3) is 0 Å². The van der Waals surface area contributed by atoms with E-state index in [9.17, 15) is 9.59 Å². The number of hydrogen-bond donors (Lipinski definition) is 3. The number of carbonyl (C=O) groups excluding carboxylic acids is 2. The third-order valence-corrected chi connectivity index (χ3v) is 2.99. The summed E-state index contributed by atoms with van der Waals surface area (Å²) < 4.78 is 0. The van der Waals surface area contributed by atoms with Gasteiger partial charge in [0, 0.05) is 11.4 Å². The van der Waals surface area contributed by atoms with Gasteiger partial charge in [0.2, 0.25) is 12.3 Å². The first-order valence-corrected chi connectivity index (χ1v) is 6.47. The summed E-state index contributed by atoms with van der Waals surface area (Å²) in [5.74, 6) is 0.328. The van der Waals surface area contributed by atoms with Crippen LogP contribution in [-0.4, -0.2) is 17.4 Å². The summed E-state index contributed by atoms with van der Waals surface area (Å²) in [5, 5.41) is 14.0. The zero-order valence-electron chi connectivity index (χ0n) is 11.6. The highest BCUT2D eigenvalue weighted by Crippen LogP contribution is 2.25. The zero-order chi connectivity index (χ0) is 15.2. The van der Waals surface area contributed by atoms with Crippen LogP contribution in [0, 0.1) is 6.92 Å². The molecular formula is C16H16N2O3. The summed E-state index contributed by atoms with van der Waals surface area (Å²) in [6.07, 6.45) is 1.01. The van der Waals surface area contributed by atoms with E-state index in [1.165, 1.54) is 5.56 Å². The lowest BCUT2D eigenvalue weighted by Crippen LogP contribution is -2.03. The van der Waals surface area contributed by atoms with Crippen LogP contribution in [0.4, 0.5) is 11.4 Å². The van der Waals surface area contributed by atoms with Crippen LogP contribution in [0.5, 0.6) is 5.75 Å². The molecule has 2 aromatic rings. The molecule has 0 unspecified atom stereocenters. The SMILES string of the molecule is Cc1ccc(O)cc1.O=CNc1ccc2c(c1)CC(=O)N2. The molecular weight excluding hydrogens is 268 g/mol. The van der Waals surface area contributed by atoms with Crippen molar-refractivity contribution in [2.24, 2.45) is 0 Å². The highest BCUT2D eigenvalue weighted by Gasteiger charge is 2.16. The van der Waals surface area contributed by atoms with Gasteiger partial charge in [-0.15, -0.1) is 0 Å². The highest BCUT2D eigenvalue weighted by atomic mass is 16.3. The lowest BCUT2D eigenvalue weighted by Gasteiger charge is -2.01. The Kier molecular flexibility index (Phi) is 4.56. The second kappa shape index (κ2) is 6.56. The van der Waals surface area contributed by atoms with E-state index >= 15 is 0 Å². The number of hydrogen-bond acceptors (Lipinski definition) is 3. The molecule has 0 aromatic heterocycles. The van der Waals surface area contributed by atoms with Crippen molar-refractivity contribution in [2.75, 3.05) is 10.6 Å². The molecule has 108 valence electrons. The van der Waals surface area contributed by atoms with Gasteiger partial charge < -0.3 is 15.7 Å². The van der Waals surface area contributed by atoms with Gasteiger partial charge in [-0.25, -0.2) is 0 Å². The first kappa shape index (κ1) is 14.6. The van der Waals surface area contributed by atoms with Crippen molar-refractivity contribution in [1.29, 1.82) is 0 Å². The second-order valence-electron chi connectivity index (χ2n) is 4.69. The van der Waals surface area contributed by atoms with E-state index in [2.05, 4.69) is 10.6 Å². The van der Waals surface area contributed by atoms with Crippen LogP contribution in [0.3, 0.4) is 0 Å². The van der Waals surface area contributed by atoms with Gasteiger partial charge in [0.1, 0.15) is 5.75 Å². The van der Waals surface area contributed by atoms with Gasteiger partial charge in [-0.3, -0.25) is 9.59 Å². The fraction of sp³-hybridized carbons (Fsp3) is 0.125. The van der Waals surface area contributed by atoms with E-state index < -0.39 is 0 Å². The minimum Gasteiger partial charge on any atom is -0.508 e. The van der Waals surface area contributed by atoms with E-state index in [-0.39, 0.29) is 5.91 Å². The van der Waals surface area contributed by atoms with Gasteiger partial charge in [-0.05, 0) is 42.8 Å². The fourth-order valence-corrected chi connectivity index (χ4v) is 1.93. The number of benzene rings is 2. The van der Waals surface area contributed by atoms with Crippen molar-refractivity contribution in [3.8, 4) is 5.75 Å². The van der Waals surface area contributed by atoms with Gasteiger partial charge in [-0.2, -0.15) is 0 Å². The monoisotopic (exact) mass is 284 g/mol. The number of phenols is 1. The van der Waals surface area contributed by atoms with Gasteiger partial charge in [0.15, 0.2) is 0 Å². The van der Waals surface area contributed by atoms with Crippen LogP contribution in [-0.2, 0) is 16.0 Å². The van der Waals surface area contributed by atoms with E-state index in [0.717, 1.165) is 11.3 Å². The number of nitrogens with one attached hydrogen (secondary N) is 2. The molecule has 3 N–H and O–H groups in total. The molecule has 0 atom stereocenters. The minimum atomic E-state index is -0.00162. The van der Waals surface area contributed by atoms with E-state index in [1.807, 2.05) is 19.1 Å². The summed E-state index contributed by atoms with van der Waals surface area (Å²) in [6, 6.07) is 12.4. The summed E-state index contributed by atoms with van der Waals surface area (Å²) >= 11 is 0.